The fourth-order valence-electron chi connectivity index (χ4n) is 3.43. The number of carbonyl (C=O) groups is 1. The molecule has 25 heavy (non-hydrogen) atoms. The number of carbonyl (C=O) groups excluding carboxylic acids is 1. The maximum absolute atomic E-state index is 12.8. The molecule has 1 aromatic heterocycles. The number of nitrogens with zero attached hydrogens (tertiary/aromatic N) is 3. The van der Waals surface area contributed by atoms with Crippen LogP contribution in [0, 0.1) is 5.92 Å². The Morgan fingerprint density at radius 2 is 2.04 bits per heavy atom. The Bertz CT molecular complexity index is 813. The van der Waals surface area contributed by atoms with Crippen LogP contribution in [0.2, 0.25) is 5.02 Å². The molecule has 1 aliphatic heterocycles. The van der Waals surface area contributed by atoms with Crippen molar-refractivity contribution in [2.24, 2.45) is 18.0 Å². The summed E-state index contributed by atoms with van der Waals surface area (Å²) in [6.45, 7) is 4.23. The molecular weight excluding hydrogens is 338 g/mol. The van der Waals surface area contributed by atoms with Gasteiger partial charge < -0.3 is 4.74 Å². The van der Waals surface area contributed by atoms with Crippen molar-refractivity contribution in [3.05, 3.63) is 46.6 Å². The van der Waals surface area contributed by atoms with Gasteiger partial charge >= 0.3 is 5.97 Å². The van der Waals surface area contributed by atoms with Gasteiger partial charge in [-0.05, 0) is 25.0 Å². The van der Waals surface area contributed by atoms with E-state index in [1.807, 2.05) is 38.2 Å². The first-order valence-corrected chi connectivity index (χ1v) is 8.96. The molecule has 0 N–H and O–H groups in total. The minimum Gasteiger partial charge on any atom is -0.465 e. The smallest absolute Gasteiger partial charge is 0.315 e. The summed E-state index contributed by atoms with van der Waals surface area (Å²) >= 11 is 6.48. The zero-order chi connectivity index (χ0) is 18.0. The van der Waals surface area contributed by atoms with E-state index in [9.17, 15) is 4.79 Å². The number of hydrogen-bond acceptors (Lipinski definition) is 4. The summed E-state index contributed by atoms with van der Waals surface area (Å²) in [5, 5.41) is 4.99. The lowest BCUT2D eigenvalue weighted by Crippen LogP contribution is -2.34. The molecule has 0 fully saturated rings. The van der Waals surface area contributed by atoms with E-state index in [1.54, 1.807) is 10.9 Å². The van der Waals surface area contributed by atoms with Crippen LogP contribution in [-0.2, 0) is 16.6 Å². The van der Waals surface area contributed by atoms with Crippen molar-refractivity contribution in [2.45, 2.75) is 32.6 Å². The molecule has 0 spiro atoms. The Morgan fingerprint density at radius 3 is 2.72 bits per heavy atom. The van der Waals surface area contributed by atoms with E-state index in [-0.39, 0.29) is 11.9 Å². The molecule has 1 aliphatic rings. The van der Waals surface area contributed by atoms with Crippen molar-refractivity contribution in [1.82, 2.24) is 9.78 Å². The highest BCUT2D eigenvalue weighted by Gasteiger charge is 2.41. The zero-order valence-corrected chi connectivity index (χ0v) is 15.5. The molecule has 5 nitrogen and oxygen atoms in total. The van der Waals surface area contributed by atoms with Crippen LogP contribution in [0.3, 0.4) is 0 Å². The van der Waals surface area contributed by atoms with Gasteiger partial charge in [-0.15, -0.1) is 0 Å². The Balaban J connectivity index is 2.20. The van der Waals surface area contributed by atoms with Crippen LogP contribution in [0.5, 0.6) is 0 Å². The highest BCUT2D eigenvalue weighted by atomic mass is 35.5. The molecule has 2 aromatic rings. The van der Waals surface area contributed by atoms with Crippen LogP contribution in [-0.4, -0.2) is 28.1 Å². The maximum Gasteiger partial charge on any atom is 0.315 e. The SMILES string of the molecule is CCCC1=Nc2c(cnn2C)C(c2ccccc2Cl)C1C(=O)OCC. The topological polar surface area (TPSA) is 56.5 Å². The van der Waals surface area contributed by atoms with Gasteiger partial charge in [-0.25, -0.2) is 4.99 Å². The van der Waals surface area contributed by atoms with Crippen LogP contribution in [0.15, 0.2) is 35.5 Å². The van der Waals surface area contributed by atoms with Gasteiger partial charge in [-0.1, -0.05) is 43.1 Å². The number of ether oxygens (including phenoxy) is 1. The van der Waals surface area contributed by atoms with Crippen LogP contribution in [0.25, 0.3) is 0 Å². The molecule has 0 aliphatic carbocycles. The second-order valence-electron chi connectivity index (χ2n) is 6.13. The molecule has 2 unspecified atom stereocenters. The van der Waals surface area contributed by atoms with Gasteiger partial charge in [0, 0.05) is 29.3 Å². The number of hydrogen-bond donors (Lipinski definition) is 0. The zero-order valence-electron chi connectivity index (χ0n) is 14.7. The lowest BCUT2D eigenvalue weighted by atomic mass is 9.76. The van der Waals surface area contributed by atoms with Gasteiger partial charge in [0.15, 0.2) is 5.82 Å². The fourth-order valence-corrected chi connectivity index (χ4v) is 3.68. The number of aryl methyl sites for hydroxylation is 1. The Morgan fingerprint density at radius 1 is 1.28 bits per heavy atom. The summed E-state index contributed by atoms with van der Waals surface area (Å²) in [6.07, 6.45) is 3.41. The molecule has 132 valence electrons. The van der Waals surface area contributed by atoms with E-state index in [0.717, 1.165) is 35.5 Å². The van der Waals surface area contributed by atoms with Crippen molar-refractivity contribution in [2.75, 3.05) is 6.61 Å². The number of rotatable bonds is 5. The number of benzene rings is 1. The van der Waals surface area contributed by atoms with Crippen LogP contribution < -0.4 is 0 Å². The molecule has 2 atom stereocenters. The van der Waals surface area contributed by atoms with Gasteiger partial charge in [0.1, 0.15) is 5.92 Å². The Kier molecular flexibility index (Phi) is 5.23. The maximum atomic E-state index is 12.8. The monoisotopic (exact) mass is 359 g/mol. The molecule has 0 radical (unpaired) electrons. The first-order valence-electron chi connectivity index (χ1n) is 8.58. The van der Waals surface area contributed by atoms with E-state index in [1.165, 1.54) is 0 Å². The molecule has 6 heteroatoms. The van der Waals surface area contributed by atoms with Crippen molar-refractivity contribution in [3.8, 4) is 0 Å². The summed E-state index contributed by atoms with van der Waals surface area (Å²) in [5.74, 6) is -0.185. The van der Waals surface area contributed by atoms with Crippen LogP contribution in [0.1, 0.15) is 43.7 Å². The van der Waals surface area contributed by atoms with Crippen molar-refractivity contribution in [3.63, 3.8) is 0 Å². The predicted octanol–water partition coefficient (Wildman–Crippen LogP) is 4.27. The number of fused-ring (bicyclic) bond motifs is 1. The molecule has 0 amide bonds. The number of aliphatic imine (C=N–C) groups is 1. The number of halogens is 1. The third kappa shape index (κ3) is 3.21. The fraction of sp³-hybridized carbons (Fsp3) is 0.421. The summed E-state index contributed by atoms with van der Waals surface area (Å²) in [6, 6.07) is 7.63. The third-order valence-electron chi connectivity index (χ3n) is 4.50. The molecule has 0 bridgehead atoms. The predicted molar refractivity (Wildman–Crippen MR) is 98.6 cm³/mol. The van der Waals surface area contributed by atoms with E-state index in [2.05, 4.69) is 12.0 Å². The highest BCUT2D eigenvalue weighted by Crippen LogP contribution is 2.45. The normalized spacial score (nSPS) is 19.3. The highest BCUT2D eigenvalue weighted by molar-refractivity contribution is 6.31. The average Bonchev–Trinajstić information content (AvgIpc) is 2.96. The summed E-state index contributed by atoms with van der Waals surface area (Å²) in [4.78, 5) is 17.6. The van der Waals surface area contributed by atoms with E-state index in [0.29, 0.717) is 11.6 Å². The second-order valence-corrected chi connectivity index (χ2v) is 6.54. The van der Waals surface area contributed by atoms with Gasteiger partial charge in [0.25, 0.3) is 0 Å². The lowest BCUT2D eigenvalue weighted by molar-refractivity contribution is -0.146. The molecule has 2 heterocycles. The minimum absolute atomic E-state index is 0.240. The number of aromatic nitrogens is 2. The first-order chi connectivity index (χ1) is 12.1. The Hall–Kier alpha value is -2.14. The van der Waals surface area contributed by atoms with Gasteiger partial charge in [0.2, 0.25) is 0 Å². The van der Waals surface area contributed by atoms with Crippen molar-refractivity contribution in [1.29, 1.82) is 0 Å². The standard InChI is InChI=1S/C19H22ClN3O2/c1-4-8-15-17(19(24)25-5-2)16(12-9-6-7-10-14(12)20)13-11-21-23(3)18(13)22-15/h6-7,9-11,16-17H,4-5,8H2,1-3H3. The minimum atomic E-state index is -0.475. The first kappa shape index (κ1) is 17.7. The molecular formula is C19H22ClN3O2. The average molecular weight is 360 g/mol. The van der Waals surface area contributed by atoms with Crippen LogP contribution in [0.4, 0.5) is 5.82 Å². The van der Waals surface area contributed by atoms with Gasteiger partial charge in [0.05, 0.1) is 12.8 Å². The Labute approximate surface area is 152 Å². The quantitative estimate of drug-likeness (QED) is 0.749. The van der Waals surface area contributed by atoms with E-state index >= 15 is 0 Å². The largest absolute Gasteiger partial charge is 0.465 e. The van der Waals surface area contributed by atoms with Gasteiger partial charge in [-0.3, -0.25) is 9.48 Å². The summed E-state index contributed by atoms with van der Waals surface area (Å²) < 4.78 is 7.13. The van der Waals surface area contributed by atoms with Crippen LogP contribution >= 0.6 is 11.6 Å². The van der Waals surface area contributed by atoms with E-state index < -0.39 is 5.92 Å². The van der Waals surface area contributed by atoms with Crippen molar-refractivity contribution < 1.29 is 9.53 Å². The van der Waals surface area contributed by atoms with Crippen molar-refractivity contribution >= 4 is 29.1 Å². The number of esters is 1. The lowest BCUT2D eigenvalue weighted by Gasteiger charge is -2.31. The molecule has 0 saturated heterocycles. The van der Waals surface area contributed by atoms with E-state index in [4.69, 9.17) is 21.3 Å². The summed E-state index contributed by atoms with van der Waals surface area (Å²) in [5.41, 5.74) is 2.65. The molecule has 1 aromatic carbocycles. The van der Waals surface area contributed by atoms with Gasteiger partial charge in [-0.2, -0.15) is 5.10 Å². The summed E-state index contributed by atoms with van der Waals surface area (Å²) in [7, 11) is 1.86. The third-order valence-corrected chi connectivity index (χ3v) is 4.84. The molecule has 0 saturated carbocycles. The second kappa shape index (κ2) is 7.40. The molecule has 3 rings (SSSR count).